The Morgan fingerprint density at radius 1 is 0.909 bits per heavy atom. The molecule has 0 bridgehead atoms. The third kappa shape index (κ3) is 7.49. The molecule has 0 aromatic heterocycles. The van der Waals surface area contributed by atoms with Crippen molar-refractivity contribution in [1.82, 2.24) is 5.32 Å². The predicted octanol–water partition coefficient (Wildman–Crippen LogP) is 3.64. The van der Waals surface area contributed by atoms with Crippen molar-refractivity contribution in [2.45, 2.75) is 45.6 Å². The van der Waals surface area contributed by atoms with Crippen molar-refractivity contribution in [2.75, 3.05) is 33.8 Å². The SMILES string of the molecule is CCC(=O)Nc1ccc(C(C)NC(=O)CS(=O)(=O)Nc2ccc(N3CCCCC3)cc2)cc1. The van der Waals surface area contributed by atoms with E-state index in [2.05, 4.69) is 20.3 Å². The van der Waals surface area contributed by atoms with Gasteiger partial charge in [0.25, 0.3) is 0 Å². The summed E-state index contributed by atoms with van der Waals surface area (Å²) in [6.07, 6.45) is 3.97. The Morgan fingerprint density at radius 3 is 2.12 bits per heavy atom. The number of carbonyl (C=O) groups excluding carboxylic acids is 2. The molecule has 0 aliphatic carbocycles. The number of hydrogen-bond acceptors (Lipinski definition) is 5. The van der Waals surface area contributed by atoms with Gasteiger partial charge < -0.3 is 15.5 Å². The van der Waals surface area contributed by atoms with Crippen LogP contribution in [0.2, 0.25) is 0 Å². The molecule has 3 rings (SSSR count). The van der Waals surface area contributed by atoms with Crippen LogP contribution in [-0.4, -0.2) is 39.1 Å². The lowest BCUT2D eigenvalue weighted by molar-refractivity contribution is -0.119. The van der Waals surface area contributed by atoms with Crippen molar-refractivity contribution in [1.29, 1.82) is 0 Å². The molecule has 8 nitrogen and oxygen atoms in total. The van der Waals surface area contributed by atoms with Crippen LogP contribution in [0.5, 0.6) is 0 Å². The number of nitrogens with one attached hydrogen (secondary N) is 3. The first-order valence-corrected chi connectivity index (χ1v) is 13.0. The molecule has 2 aromatic rings. The first kappa shape index (κ1) is 24.6. The topological polar surface area (TPSA) is 108 Å². The van der Waals surface area contributed by atoms with E-state index < -0.39 is 21.7 Å². The number of amides is 2. The summed E-state index contributed by atoms with van der Waals surface area (Å²) in [6, 6.07) is 13.9. The summed E-state index contributed by atoms with van der Waals surface area (Å²) >= 11 is 0. The Labute approximate surface area is 195 Å². The van der Waals surface area contributed by atoms with Gasteiger partial charge in [-0.25, -0.2) is 8.42 Å². The first-order chi connectivity index (χ1) is 15.8. The van der Waals surface area contributed by atoms with Gasteiger partial charge in [-0.3, -0.25) is 14.3 Å². The van der Waals surface area contributed by atoms with Gasteiger partial charge in [0.1, 0.15) is 5.75 Å². The van der Waals surface area contributed by atoms with Gasteiger partial charge in [-0.1, -0.05) is 19.1 Å². The van der Waals surface area contributed by atoms with Crippen LogP contribution >= 0.6 is 0 Å². The molecule has 2 aromatic carbocycles. The molecule has 0 spiro atoms. The number of rotatable bonds is 9. The van der Waals surface area contributed by atoms with Gasteiger partial charge in [0.05, 0.1) is 6.04 Å². The maximum absolute atomic E-state index is 12.5. The molecule has 3 N–H and O–H groups in total. The van der Waals surface area contributed by atoms with Crippen molar-refractivity contribution in [2.24, 2.45) is 0 Å². The summed E-state index contributed by atoms with van der Waals surface area (Å²) < 4.78 is 27.4. The molecule has 1 aliphatic heterocycles. The molecule has 33 heavy (non-hydrogen) atoms. The number of nitrogens with zero attached hydrogens (tertiary/aromatic N) is 1. The summed E-state index contributed by atoms with van der Waals surface area (Å²) in [4.78, 5) is 26.1. The smallest absolute Gasteiger partial charge is 0.241 e. The van der Waals surface area contributed by atoms with Crippen molar-refractivity contribution >= 4 is 38.9 Å². The van der Waals surface area contributed by atoms with Crippen molar-refractivity contribution in [3.63, 3.8) is 0 Å². The highest BCUT2D eigenvalue weighted by molar-refractivity contribution is 7.93. The second-order valence-electron chi connectivity index (χ2n) is 8.27. The summed E-state index contributed by atoms with van der Waals surface area (Å²) in [5, 5.41) is 5.47. The minimum absolute atomic E-state index is 0.0806. The fraction of sp³-hybridized carbons (Fsp3) is 0.417. The van der Waals surface area contributed by atoms with Gasteiger partial charge in [-0.05, 0) is 68.1 Å². The number of benzene rings is 2. The van der Waals surface area contributed by atoms with E-state index in [1.54, 1.807) is 50.2 Å². The van der Waals surface area contributed by atoms with E-state index in [9.17, 15) is 18.0 Å². The highest BCUT2D eigenvalue weighted by Gasteiger charge is 2.19. The molecule has 2 amide bonds. The Hall–Kier alpha value is -3.07. The molecule has 1 heterocycles. The summed E-state index contributed by atoms with van der Waals surface area (Å²) in [5.41, 5.74) is 2.98. The molecule has 1 unspecified atom stereocenters. The monoisotopic (exact) mass is 472 g/mol. The third-order valence-electron chi connectivity index (χ3n) is 5.58. The lowest BCUT2D eigenvalue weighted by Crippen LogP contribution is -2.34. The van der Waals surface area contributed by atoms with Crippen LogP contribution < -0.4 is 20.3 Å². The summed E-state index contributed by atoms with van der Waals surface area (Å²) in [5.74, 6) is -1.35. The lowest BCUT2D eigenvalue weighted by Gasteiger charge is -2.28. The standard InChI is InChI=1S/C24H32N4O4S/c1-3-23(29)26-20-9-7-19(8-10-20)18(2)25-24(30)17-33(31,32)27-21-11-13-22(14-12-21)28-15-5-4-6-16-28/h7-14,18,27H,3-6,15-17H2,1-2H3,(H,25,30)(H,26,29). The van der Waals surface area contributed by atoms with Crippen LogP contribution in [-0.2, 0) is 19.6 Å². The van der Waals surface area contributed by atoms with E-state index in [0.717, 1.165) is 24.3 Å². The lowest BCUT2D eigenvalue weighted by atomic mass is 10.1. The summed E-state index contributed by atoms with van der Waals surface area (Å²) in [7, 11) is -3.85. The Balaban J connectivity index is 1.51. The first-order valence-electron chi connectivity index (χ1n) is 11.3. The van der Waals surface area contributed by atoms with E-state index in [0.29, 0.717) is 17.8 Å². The largest absolute Gasteiger partial charge is 0.372 e. The van der Waals surface area contributed by atoms with Crippen molar-refractivity contribution in [3.8, 4) is 0 Å². The molecule has 1 aliphatic rings. The summed E-state index contributed by atoms with van der Waals surface area (Å²) in [6.45, 7) is 5.57. The number of hydrogen-bond donors (Lipinski definition) is 3. The molecule has 1 fully saturated rings. The average molecular weight is 473 g/mol. The van der Waals surface area contributed by atoms with Crippen LogP contribution in [0.3, 0.4) is 0 Å². The van der Waals surface area contributed by atoms with Crippen molar-refractivity contribution < 1.29 is 18.0 Å². The van der Waals surface area contributed by atoms with Gasteiger partial charge in [0.15, 0.2) is 0 Å². The molecule has 9 heteroatoms. The number of carbonyl (C=O) groups is 2. The maximum atomic E-state index is 12.5. The van der Waals surface area contributed by atoms with Crippen molar-refractivity contribution in [3.05, 3.63) is 54.1 Å². The normalized spacial score (nSPS) is 14.9. The molecule has 0 radical (unpaired) electrons. The second-order valence-corrected chi connectivity index (χ2v) is 9.99. The van der Waals surface area contributed by atoms with Gasteiger partial charge in [-0.2, -0.15) is 0 Å². The second kappa shape index (κ2) is 11.2. The third-order valence-corrected chi connectivity index (χ3v) is 6.76. The minimum atomic E-state index is -3.85. The molecular weight excluding hydrogens is 440 g/mol. The highest BCUT2D eigenvalue weighted by Crippen LogP contribution is 2.22. The fourth-order valence-electron chi connectivity index (χ4n) is 3.75. The Morgan fingerprint density at radius 2 is 1.52 bits per heavy atom. The van der Waals surface area contributed by atoms with Crippen LogP contribution in [0.15, 0.2) is 48.5 Å². The van der Waals surface area contributed by atoms with Gasteiger partial charge in [0, 0.05) is 36.6 Å². The highest BCUT2D eigenvalue weighted by atomic mass is 32.2. The molecule has 1 atom stereocenters. The van der Waals surface area contributed by atoms with Crippen LogP contribution in [0.4, 0.5) is 17.1 Å². The van der Waals surface area contributed by atoms with E-state index >= 15 is 0 Å². The molecule has 1 saturated heterocycles. The van der Waals surface area contributed by atoms with E-state index in [1.165, 1.54) is 19.3 Å². The number of piperidine rings is 1. The average Bonchev–Trinajstić information content (AvgIpc) is 2.79. The molecular formula is C24H32N4O4S. The molecule has 178 valence electrons. The van der Waals surface area contributed by atoms with Crippen LogP contribution in [0, 0.1) is 0 Å². The number of sulfonamides is 1. The Kier molecular flexibility index (Phi) is 8.32. The predicted molar refractivity (Wildman–Crippen MR) is 132 cm³/mol. The van der Waals surface area contributed by atoms with E-state index in [4.69, 9.17) is 0 Å². The van der Waals surface area contributed by atoms with Crippen LogP contribution in [0.1, 0.15) is 51.1 Å². The van der Waals surface area contributed by atoms with Gasteiger partial charge in [-0.15, -0.1) is 0 Å². The van der Waals surface area contributed by atoms with Crippen LogP contribution in [0.25, 0.3) is 0 Å². The number of anilines is 3. The van der Waals surface area contributed by atoms with E-state index in [1.807, 2.05) is 12.1 Å². The van der Waals surface area contributed by atoms with Gasteiger partial charge >= 0.3 is 0 Å². The zero-order valence-corrected chi connectivity index (χ0v) is 20.0. The molecule has 0 saturated carbocycles. The van der Waals surface area contributed by atoms with Gasteiger partial charge in [0.2, 0.25) is 21.8 Å². The maximum Gasteiger partial charge on any atom is 0.241 e. The quantitative estimate of drug-likeness (QED) is 0.516. The van der Waals surface area contributed by atoms with E-state index in [-0.39, 0.29) is 11.9 Å². The Bertz CT molecular complexity index is 1050. The fourth-order valence-corrected chi connectivity index (χ4v) is 4.75. The zero-order valence-electron chi connectivity index (χ0n) is 19.1. The minimum Gasteiger partial charge on any atom is -0.372 e. The zero-order chi connectivity index (χ0) is 23.8.